The lowest BCUT2D eigenvalue weighted by atomic mass is 10.0. The third kappa shape index (κ3) is 1.79. The fourth-order valence-corrected chi connectivity index (χ4v) is 2.03. The summed E-state index contributed by atoms with van der Waals surface area (Å²) in [5, 5.41) is 6.79. The smallest absolute Gasteiger partial charge is 0.267 e. The van der Waals surface area contributed by atoms with Gasteiger partial charge < -0.3 is 0 Å². The Kier molecular flexibility index (Phi) is 2.59. The van der Waals surface area contributed by atoms with Crippen LogP contribution in [-0.2, 0) is 0 Å². The maximum absolute atomic E-state index is 13.8. The van der Waals surface area contributed by atoms with Crippen LogP contribution in [0.3, 0.4) is 0 Å². The maximum Gasteiger partial charge on any atom is 0.272 e. The largest absolute Gasteiger partial charge is 0.272 e. The highest BCUT2D eigenvalue weighted by atomic mass is 19.1. The van der Waals surface area contributed by atoms with Crippen LogP contribution in [0.25, 0.3) is 22.0 Å². The molecule has 0 atom stereocenters. The Morgan fingerprint density at radius 3 is 2.21 bits per heavy atom. The second-order valence-electron chi connectivity index (χ2n) is 4.04. The molecule has 1 heterocycles. The normalized spacial score (nSPS) is 10.8. The van der Waals surface area contributed by atoms with Crippen molar-refractivity contribution in [2.24, 2.45) is 0 Å². The Morgan fingerprint density at radius 2 is 1.53 bits per heavy atom. The van der Waals surface area contributed by atoms with Crippen LogP contribution in [0.5, 0.6) is 0 Å². The van der Waals surface area contributed by atoms with Crippen molar-refractivity contribution in [3.63, 3.8) is 0 Å². The molecule has 94 valence electrons. The van der Waals surface area contributed by atoms with Gasteiger partial charge in [-0.25, -0.2) is 13.9 Å². The number of rotatable bonds is 1. The van der Waals surface area contributed by atoms with Crippen LogP contribution >= 0.6 is 0 Å². The van der Waals surface area contributed by atoms with E-state index in [1.54, 1.807) is 24.3 Å². The molecule has 0 bridgehead atoms. The molecule has 0 saturated heterocycles. The zero-order valence-electron chi connectivity index (χ0n) is 9.65. The average molecular weight is 258 g/mol. The molecule has 0 spiro atoms. The van der Waals surface area contributed by atoms with Gasteiger partial charge in [0.2, 0.25) is 0 Å². The molecule has 1 N–H and O–H groups in total. The maximum atomic E-state index is 13.8. The quantitative estimate of drug-likeness (QED) is 0.729. The van der Waals surface area contributed by atoms with Crippen molar-refractivity contribution in [3.05, 3.63) is 64.5 Å². The molecule has 0 radical (unpaired) electrons. The van der Waals surface area contributed by atoms with Gasteiger partial charge in [-0.1, -0.05) is 24.3 Å². The molecular formula is C14H8F2N2O. The highest BCUT2D eigenvalue weighted by Gasteiger charge is 2.16. The van der Waals surface area contributed by atoms with Gasteiger partial charge >= 0.3 is 0 Å². The Morgan fingerprint density at radius 1 is 0.895 bits per heavy atom. The first-order chi connectivity index (χ1) is 9.18. The molecule has 5 heteroatoms. The van der Waals surface area contributed by atoms with Gasteiger partial charge in [0.1, 0.15) is 17.3 Å². The Labute approximate surface area is 106 Å². The number of H-pyrrole nitrogens is 1. The predicted octanol–water partition coefficient (Wildman–Crippen LogP) is 2.87. The van der Waals surface area contributed by atoms with Gasteiger partial charge in [0.05, 0.1) is 10.9 Å². The third-order valence-electron chi connectivity index (χ3n) is 2.90. The zero-order valence-corrected chi connectivity index (χ0v) is 9.65. The summed E-state index contributed by atoms with van der Waals surface area (Å²) in [4.78, 5) is 11.6. The van der Waals surface area contributed by atoms with E-state index in [4.69, 9.17) is 0 Å². The number of hydrogen-bond acceptors (Lipinski definition) is 2. The molecule has 2 aromatic carbocycles. The first-order valence-electron chi connectivity index (χ1n) is 5.60. The van der Waals surface area contributed by atoms with E-state index < -0.39 is 17.2 Å². The molecule has 0 unspecified atom stereocenters. The number of aromatic amines is 1. The van der Waals surface area contributed by atoms with Crippen LogP contribution in [0.2, 0.25) is 0 Å². The summed E-state index contributed by atoms with van der Waals surface area (Å²) < 4.78 is 27.6. The highest BCUT2D eigenvalue weighted by molar-refractivity contribution is 5.93. The highest BCUT2D eigenvalue weighted by Crippen LogP contribution is 2.28. The number of nitrogens with one attached hydrogen (secondary N) is 1. The third-order valence-corrected chi connectivity index (χ3v) is 2.90. The Hall–Kier alpha value is -2.56. The van der Waals surface area contributed by atoms with Crippen molar-refractivity contribution in [2.75, 3.05) is 0 Å². The molecule has 3 aromatic rings. The molecule has 19 heavy (non-hydrogen) atoms. The van der Waals surface area contributed by atoms with Crippen molar-refractivity contribution >= 4 is 10.8 Å². The minimum atomic E-state index is -0.718. The van der Waals surface area contributed by atoms with E-state index in [0.29, 0.717) is 10.8 Å². The van der Waals surface area contributed by atoms with Gasteiger partial charge in [0.15, 0.2) is 0 Å². The van der Waals surface area contributed by atoms with E-state index in [-0.39, 0.29) is 11.3 Å². The molecule has 3 rings (SSSR count). The van der Waals surface area contributed by atoms with Gasteiger partial charge in [-0.05, 0) is 18.2 Å². The molecule has 0 aliphatic rings. The molecule has 3 nitrogen and oxygen atoms in total. The van der Waals surface area contributed by atoms with Crippen molar-refractivity contribution in [2.45, 2.75) is 0 Å². The van der Waals surface area contributed by atoms with Crippen molar-refractivity contribution in [1.82, 2.24) is 10.2 Å². The first-order valence-corrected chi connectivity index (χ1v) is 5.60. The summed E-state index contributed by atoms with van der Waals surface area (Å²) in [5.41, 5.74) is -0.545. The van der Waals surface area contributed by atoms with Crippen molar-refractivity contribution in [3.8, 4) is 11.3 Å². The standard InChI is InChI=1S/C14H8F2N2O/c15-10-6-3-7-11(16)12(10)13-8-4-1-2-5-9(8)14(19)18-17-13/h1-7H,(H,18,19). The lowest BCUT2D eigenvalue weighted by Crippen LogP contribution is -2.10. The number of hydrogen-bond donors (Lipinski definition) is 1. The second kappa shape index (κ2) is 4.28. The number of benzene rings is 2. The summed E-state index contributed by atoms with van der Waals surface area (Å²) in [6, 6.07) is 10.1. The summed E-state index contributed by atoms with van der Waals surface area (Å²) in [6.45, 7) is 0. The first kappa shape index (κ1) is 11.5. The number of fused-ring (bicyclic) bond motifs is 1. The lowest BCUT2D eigenvalue weighted by molar-refractivity contribution is 0.588. The molecule has 0 fully saturated rings. The van der Waals surface area contributed by atoms with Gasteiger partial charge in [0.25, 0.3) is 5.56 Å². The van der Waals surface area contributed by atoms with Crippen LogP contribution in [0.4, 0.5) is 8.78 Å². The lowest BCUT2D eigenvalue weighted by Gasteiger charge is -2.06. The summed E-state index contributed by atoms with van der Waals surface area (Å²) in [5.74, 6) is -1.44. The molecule has 0 amide bonds. The Balaban J connectivity index is 2.45. The fourth-order valence-electron chi connectivity index (χ4n) is 2.03. The fraction of sp³-hybridized carbons (Fsp3) is 0. The van der Waals surface area contributed by atoms with Crippen LogP contribution in [0, 0.1) is 11.6 Å². The van der Waals surface area contributed by atoms with E-state index in [0.717, 1.165) is 12.1 Å². The van der Waals surface area contributed by atoms with E-state index >= 15 is 0 Å². The van der Waals surface area contributed by atoms with Gasteiger partial charge in [-0.15, -0.1) is 0 Å². The molecule has 0 saturated carbocycles. The van der Waals surface area contributed by atoms with Crippen LogP contribution in [0.1, 0.15) is 0 Å². The molecule has 0 aliphatic heterocycles. The van der Waals surface area contributed by atoms with Gasteiger partial charge in [-0.3, -0.25) is 4.79 Å². The van der Waals surface area contributed by atoms with E-state index in [9.17, 15) is 13.6 Å². The van der Waals surface area contributed by atoms with Crippen molar-refractivity contribution in [1.29, 1.82) is 0 Å². The van der Waals surface area contributed by atoms with E-state index in [1.165, 1.54) is 6.07 Å². The van der Waals surface area contributed by atoms with Crippen LogP contribution < -0.4 is 5.56 Å². The average Bonchev–Trinajstić information content (AvgIpc) is 2.41. The summed E-state index contributed by atoms with van der Waals surface area (Å²) >= 11 is 0. The minimum Gasteiger partial charge on any atom is -0.267 e. The minimum absolute atomic E-state index is 0.0887. The molecular weight excluding hydrogens is 250 g/mol. The monoisotopic (exact) mass is 258 g/mol. The number of nitrogens with zero attached hydrogens (tertiary/aromatic N) is 1. The number of aromatic nitrogens is 2. The second-order valence-corrected chi connectivity index (χ2v) is 4.04. The predicted molar refractivity (Wildman–Crippen MR) is 67.7 cm³/mol. The summed E-state index contributed by atoms with van der Waals surface area (Å²) in [6.07, 6.45) is 0. The van der Waals surface area contributed by atoms with E-state index in [1.807, 2.05) is 0 Å². The van der Waals surface area contributed by atoms with E-state index in [2.05, 4.69) is 10.2 Å². The van der Waals surface area contributed by atoms with Gasteiger partial charge in [-0.2, -0.15) is 5.10 Å². The number of halogens is 2. The SMILES string of the molecule is O=c1[nH]nc(-c2c(F)cccc2F)c2ccccc12. The van der Waals surface area contributed by atoms with Crippen LogP contribution in [-0.4, -0.2) is 10.2 Å². The van der Waals surface area contributed by atoms with Crippen LogP contribution in [0.15, 0.2) is 47.3 Å². The van der Waals surface area contributed by atoms with Gasteiger partial charge in [0, 0.05) is 5.39 Å². The van der Waals surface area contributed by atoms with Crippen molar-refractivity contribution < 1.29 is 8.78 Å². The molecule has 0 aliphatic carbocycles. The summed E-state index contributed by atoms with van der Waals surface area (Å²) in [7, 11) is 0. The molecule has 1 aromatic heterocycles. The topological polar surface area (TPSA) is 45.8 Å². The Bertz CT molecular complexity index is 807. The zero-order chi connectivity index (χ0) is 13.4.